The van der Waals surface area contributed by atoms with Crippen LogP contribution in [-0.2, 0) is 13.5 Å². The molecule has 0 bridgehead atoms. The average molecular weight is 222 g/mol. The van der Waals surface area contributed by atoms with E-state index in [4.69, 9.17) is 11.6 Å². The Labute approximate surface area is 93.7 Å². The van der Waals surface area contributed by atoms with E-state index in [0.717, 1.165) is 17.8 Å². The second-order valence-corrected chi connectivity index (χ2v) is 3.68. The first kappa shape index (κ1) is 10.2. The van der Waals surface area contributed by atoms with Crippen molar-refractivity contribution in [1.29, 1.82) is 0 Å². The van der Waals surface area contributed by atoms with Crippen molar-refractivity contribution in [3.05, 3.63) is 35.1 Å². The van der Waals surface area contributed by atoms with E-state index in [9.17, 15) is 0 Å². The maximum atomic E-state index is 5.77. The number of benzene rings is 1. The van der Waals surface area contributed by atoms with Crippen LogP contribution in [0.4, 0.5) is 0 Å². The summed E-state index contributed by atoms with van der Waals surface area (Å²) in [6.07, 6.45) is 0.973. The van der Waals surface area contributed by atoms with Crippen LogP contribution in [-0.4, -0.2) is 14.8 Å². The molecule has 0 amide bonds. The van der Waals surface area contributed by atoms with Gasteiger partial charge in [-0.3, -0.25) is 0 Å². The molecule has 0 fully saturated rings. The van der Waals surface area contributed by atoms with Gasteiger partial charge in [-0.25, -0.2) is 4.68 Å². The summed E-state index contributed by atoms with van der Waals surface area (Å²) in [6, 6.07) is 8.16. The molecule has 0 saturated carbocycles. The molecular weight excluding hydrogens is 210 g/mol. The molecule has 0 spiro atoms. The predicted octanol–water partition coefficient (Wildman–Crippen LogP) is 2.70. The predicted molar refractivity (Wildman–Crippen MR) is 60.8 cm³/mol. The summed E-state index contributed by atoms with van der Waals surface area (Å²) in [5.41, 5.74) is 2.35. The van der Waals surface area contributed by atoms with Crippen molar-refractivity contribution in [2.75, 3.05) is 0 Å². The SMILES string of the molecule is CCc1ccccc1-c1nc(Cl)nn1C. The lowest BCUT2D eigenvalue weighted by atomic mass is 10.1. The van der Waals surface area contributed by atoms with Gasteiger partial charge in [0, 0.05) is 12.6 Å². The minimum Gasteiger partial charge on any atom is -0.247 e. The Kier molecular flexibility index (Phi) is 2.73. The monoisotopic (exact) mass is 221 g/mol. The molecule has 3 nitrogen and oxygen atoms in total. The molecule has 4 heteroatoms. The van der Waals surface area contributed by atoms with E-state index in [2.05, 4.69) is 23.1 Å². The van der Waals surface area contributed by atoms with Crippen molar-refractivity contribution < 1.29 is 0 Å². The topological polar surface area (TPSA) is 30.7 Å². The van der Waals surface area contributed by atoms with E-state index in [1.807, 2.05) is 25.2 Å². The van der Waals surface area contributed by atoms with Crippen molar-refractivity contribution in [2.45, 2.75) is 13.3 Å². The zero-order valence-corrected chi connectivity index (χ0v) is 9.49. The molecular formula is C11H12ClN3. The van der Waals surface area contributed by atoms with Crippen LogP contribution in [0.5, 0.6) is 0 Å². The summed E-state index contributed by atoms with van der Waals surface area (Å²) in [5.74, 6) is 0.817. The molecule has 2 aromatic rings. The van der Waals surface area contributed by atoms with Gasteiger partial charge in [0.15, 0.2) is 5.82 Å². The molecule has 0 aliphatic carbocycles. The number of nitrogens with zero attached hydrogens (tertiary/aromatic N) is 3. The Balaban J connectivity index is 2.58. The van der Waals surface area contributed by atoms with Crippen LogP contribution in [0.3, 0.4) is 0 Å². The molecule has 2 rings (SSSR count). The largest absolute Gasteiger partial charge is 0.247 e. The van der Waals surface area contributed by atoms with Gasteiger partial charge in [-0.2, -0.15) is 4.98 Å². The van der Waals surface area contributed by atoms with Crippen molar-refractivity contribution in [2.24, 2.45) is 7.05 Å². The molecule has 15 heavy (non-hydrogen) atoms. The summed E-state index contributed by atoms with van der Waals surface area (Å²) < 4.78 is 1.71. The third kappa shape index (κ3) is 1.88. The lowest BCUT2D eigenvalue weighted by Gasteiger charge is -2.05. The van der Waals surface area contributed by atoms with Crippen molar-refractivity contribution in [3.8, 4) is 11.4 Å². The lowest BCUT2D eigenvalue weighted by Crippen LogP contribution is -1.97. The highest BCUT2D eigenvalue weighted by molar-refractivity contribution is 6.28. The fourth-order valence-electron chi connectivity index (χ4n) is 1.63. The first-order valence-corrected chi connectivity index (χ1v) is 5.25. The van der Waals surface area contributed by atoms with E-state index in [1.54, 1.807) is 4.68 Å². The normalized spacial score (nSPS) is 10.6. The van der Waals surface area contributed by atoms with Gasteiger partial charge in [0.2, 0.25) is 5.28 Å². The quantitative estimate of drug-likeness (QED) is 0.781. The molecule has 0 aliphatic heterocycles. The second-order valence-electron chi connectivity index (χ2n) is 3.34. The van der Waals surface area contributed by atoms with Gasteiger partial charge >= 0.3 is 0 Å². The number of aryl methyl sites for hydroxylation is 2. The Morgan fingerprint density at radius 1 is 1.33 bits per heavy atom. The van der Waals surface area contributed by atoms with Crippen LogP contribution in [0.1, 0.15) is 12.5 Å². The van der Waals surface area contributed by atoms with Crippen molar-refractivity contribution in [1.82, 2.24) is 14.8 Å². The Hall–Kier alpha value is -1.35. The highest BCUT2D eigenvalue weighted by Crippen LogP contribution is 2.22. The summed E-state index contributed by atoms with van der Waals surface area (Å²) in [7, 11) is 1.85. The minimum absolute atomic E-state index is 0.290. The number of hydrogen-bond acceptors (Lipinski definition) is 2. The van der Waals surface area contributed by atoms with E-state index < -0.39 is 0 Å². The van der Waals surface area contributed by atoms with Crippen LogP contribution < -0.4 is 0 Å². The molecule has 1 aromatic heterocycles. The maximum absolute atomic E-state index is 5.77. The van der Waals surface area contributed by atoms with Crippen molar-refractivity contribution in [3.63, 3.8) is 0 Å². The fraction of sp³-hybridized carbons (Fsp3) is 0.273. The van der Waals surface area contributed by atoms with E-state index in [0.29, 0.717) is 5.28 Å². The summed E-state index contributed by atoms with van der Waals surface area (Å²) >= 11 is 5.77. The molecule has 0 saturated heterocycles. The molecule has 1 heterocycles. The first-order chi connectivity index (χ1) is 7.22. The van der Waals surface area contributed by atoms with Gasteiger partial charge in [-0.1, -0.05) is 31.2 Å². The van der Waals surface area contributed by atoms with Crippen LogP contribution >= 0.6 is 11.6 Å². The zero-order chi connectivity index (χ0) is 10.8. The molecule has 0 unspecified atom stereocenters. The smallest absolute Gasteiger partial charge is 0.242 e. The number of hydrogen-bond donors (Lipinski definition) is 0. The second kappa shape index (κ2) is 4.03. The van der Waals surface area contributed by atoms with Gasteiger partial charge in [0.1, 0.15) is 0 Å². The summed E-state index contributed by atoms with van der Waals surface area (Å²) in [4.78, 5) is 4.21. The number of aromatic nitrogens is 3. The van der Waals surface area contributed by atoms with Crippen LogP contribution in [0.15, 0.2) is 24.3 Å². The zero-order valence-electron chi connectivity index (χ0n) is 8.74. The first-order valence-electron chi connectivity index (χ1n) is 4.87. The van der Waals surface area contributed by atoms with Gasteiger partial charge in [-0.05, 0) is 23.6 Å². The summed E-state index contributed by atoms with van der Waals surface area (Å²) in [6.45, 7) is 2.12. The van der Waals surface area contributed by atoms with Gasteiger partial charge < -0.3 is 0 Å². The van der Waals surface area contributed by atoms with Crippen LogP contribution in [0.2, 0.25) is 5.28 Å². The van der Waals surface area contributed by atoms with Gasteiger partial charge in [-0.15, -0.1) is 5.10 Å². The molecule has 0 aliphatic rings. The fourth-order valence-corrected chi connectivity index (χ4v) is 1.83. The minimum atomic E-state index is 0.290. The van der Waals surface area contributed by atoms with Gasteiger partial charge in [0.05, 0.1) is 0 Å². The number of halogens is 1. The Morgan fingerprint density at radius 3 is 2.67 bits per heavy atom. The standard InChI is InChI=1S/C11H12ClN3/c1-3-8-6-4-5-7-9(8)10-13-11(12)14-15(10)2/h4-7H,3H2,1-2H3. The van der Waals surface area contributed by atoms with E-state index in [-0.39, 0.29) is 0 Å². The Bertz CT molecular complexity index is 476. The molecule has 1 aromatic carbocycles. The van der Waals surface area contributed by atoms with Gasteiger partial charge in [0.25, 0.3) is 0 Å². The maximum Gasteiger partial charge on any atom is 0.242 e. The van der Waals surface area contributed by atoms with Crippen LogP contribution in [0.25, 0.3) is 11.4 Å². The Morgan fingerprint density at radius 2 is 2.07 bits per heavy atom. The highest BCUT2D eigenvalue weighted by atomic mass is 35.5. The van der Waals surface area contributed by atoms with E-state index in [1.165, 1.54) is 5.56 Å². The van der Waals surface area contributed by atoms with Crippen molar-refractivity contribution >= 4 is 11.6 Å². The third-order valence-corrected chi connectivity index (χ3v) is 2.54. The van der Waals surface area contributed by atoms with E-state index >= 15 is 0 Å². The third-order valence-electron chi connectivity index (χ3n) is 2.38. The molecule has 0 atom stereocenters. The molecule has 0 N–H and O–H groups in total. The number of rotatable bonds is 2. The highest BCUT2D eigenvalue weighted by Gasteiger charge is 2.10. The summed E-state index contributed by atoms with van der Waals surface area (Å²) in [5, 5.41) is 4.32. The average Bonchev–Trinajstić information content (AvgIpc) is 2.57. The molecule has 78 valence electrons. The molecule has 0 radical (unpaired) electrons. The lowest BCUT2D eigenvalue weighted by molar-refractivity contribution is 0.774. The van der Waals surface area contributed by atoms with Crippen LogP contribution in [0, 0.1) is 0 Å².